The number of nitrogens with one attached hydrogen (secondary N) is 1. The number of H-pyrrole nitrogens is 1. The molecule has 1 saturated heterocycles. The fourth-order valence-corrected chi connectivity index (χ4v) is 5.88. The minimum absolute atomic E-state index is 0.0356. The van der Waals surface area contributed by atoms with Crippen LogP contribution in [0.25, 0.3) is 10.9 Å². The van der Waals surface area contributed by atoms with E-state index in [1.54, 1.807) is 7.11 Å². The molecule has 1 aromatic carbocycles. The highest BCUT2D eigenvalue weighted by Gasteiger charge is 2.34. The summed E-state index contributed by atoms with van der Waals surface area (Å²) in [6.07, 6.45) is 8.17. The Balaban J connectivity index is 1.51. The average Bonchev–Trinajstić information content (AvgIpc) is 3.57. The molecule has 2 aromatic heterocycles. The van der Waals surface area contributed by atoms with Crippen LogP contribution in [0, 0.1) is 5.92 Å². The number of pyridine rings is 1. The van der Waals surface area contributed by atoms with Crippen molar-refractivity contribution in [1.82, 2.24) is 30.1 Å². The molecule has 5 rings (SSSR count). The van der Waals surface area contributed by atoms with E-state index < -0.39 is 0 Å². The van der Waals surface area contributed by atoms with Gasteiger partial charge in [-0.05, 0) is 66.3 Å². The minimum Gasteiger partial charge on any atom is -0.497 e. The lowest BCUT2D eigenvalue weighted by Gasteiger charge is -2.36. The summed E-state index contributed by atoms with van der Waals surface area (Å²) >= 11 is 0. The lowest BCUT2D eigenvalue weighted by molar-refractivity contribution is 0.0375. The summed E-state index contributed by atoms with van der Waals surface area (Å²) in [5.74, 6) is 1.91. The highest BCUT2D eigenvalue weighted by Crippen LogP contribution is 2.34. The van der Waals surface area contributed by atoms with Crippen LogP contribution in [0.5, 0.6) is 5.75 Å². The van der Waals surface area contributed by atoms with Gasteiger partial charge in [-0.1, -0.05) is 33.1 Å². The zero-order valence-corrected chi connectivity index (χ0v) is 21.7. The highest BCUT2D eigenvalue weighted by molar-refractivity contribution is 5.80. The maximum absolute atomic E-state index is 13.2. The number of fused-ring (bicyclic) bond motifs is 1. The third-order valence-corrected chi connectivity index (χ3v) is 7.69. The number of tetrazole rings is 1. The van der Waals surface area contributed by atoms with Crippen molar-refractivity contribution in [2.24, 2.45) is 5.92 Å². The van der Waals surface area contributed by atoms with E-state index in [4.69, 9.17) is 9.47 Å². The first-order valence-corrected chi connectivity index (χ1v) is 13.4. The molecule has 0 amide bonds. The average molecular weight is 495 g/mol. The predicted molar refractivity (Wildman–Crippen MR) is 138 cm³/mol. The topological polar surface area (TPSA) is 98.2 Å². The van der Waals surface area contributed by atoms with E-state index in [1.807, 2.05) is 24.3 Å². The van der Waals surface area contributed by atoms with Gasteiger partial charge in [-0.2, -0.15) is 0 Å². The van der Waals surface area contributed by atoms with Crippen LogP contribution >= 0.6 is 0 Å². The number of nitrogens with zero attached hydrogens (tertiary/aromatic N) is 5. The molecule has 0 spiro atoms. The van der Waals surface area contributed by atoms with E-state index in [-0.39, 0.29) is 23.6 Å². The number of aromatic nitrogens is 5. The molecule has 9 nitrogen and oxygen atoms in total. The molecule has 1 N–H and O–H groups in total. The number of hydrogen-bond acceptors (Lipinski definition) is 7. The van der Waals surface area contributed by atoms with E-state index in [9.17, 15) is 4.79 Å². The zero-order chi connectivity index (χ0) is 25.1. The smallest absolute Gasteiger partial charge is 0.252 e. The van der Waals surface area contributed by atoms with Crippen molar-refractivity contribution in [3.8, 4) is 5.75 Å². The van der Waals surface area contributed by atoms with Gasteiger partial charge in [0, 0.05) is 36.2 Å². The Morgan fingerprint density at radius 3 is 2.72 bits per heavy atom. The molecule has 9 heteroatoms. The molecule has 3 aromatic rings. The second kappa shape index (κ2) is 11.1. The van der Waals surface area contributed by atoms with Gasteiger partial charge in [0.2, 0.25) is 0 Å². The van der Waals surface area contributed by atoms with Crippen molar-refractivity contribution in [2.75, 3.05) is 20.3 Å². The molecule has 2 atom stereocenters. The monoisotopic (exact) mass is 494 g/mol. The van der Waals surface area contributed by atoms with Gasteiger partial charge in [0.25, 0.3) is 5.56 Å². The van der Waals surface area contributed by atoms with Gasteiger partial charge in [-0.25, -0.2) is 4.68 Å². The van der Waals surface area contributed by atoms with Crippen LogP contribution in [0.3, 0.4) is 0 Å². The Labute approximate surface area is 212 Å². The van der Waals surface area contributed by atoms with Crippen LogP contribution in [0.4, 0.5) is 0 Å². The second-order valence-corrected chi connectivity index (χ2v) is 10.6. The Bertz CT molecular complexity index is 1210. The largest absolute Gasteiger partial charge is 0.497 e. The molecular formula is C27H38N6O3. The van der Waals surface area contributed by atoms with E-state index >= 15 is 0 Å². The van der Waals surface area contributed by atoms with Crippen molar-refractivity contribution < 1.29 is 9.47 Å². The predicted octanol–water partition coefficient (Wildman–Crippen LogP) is 4.41. The van der Waals surface area contributed by atoms with Crippen LogP contribution in [0.2, 0.25) is 0 Å². The molecule has 194 valence electrons. The Hall–Kier alpha value is -2.78. The fraction of sp³-hybridized carbons (Fsp3) is 0.630. The summed E-state index contributed by atoms with van der Waals surface area (Å²) in [7, 11) is 1.65. The molecule has 1 aliphatic carbocycles. The van der Waals surface area contributed by atoms with Crippen molar-refractivity contribution in [2.45, 2.75) is 83.5 Å². The summed E-state index contributed by atoms with van der Waals surface area (Å²) in [6, 6.07) is 8.00. The molecule has 2 fully saturated rings. The summed E-state index contributed by atoms with van der Waals surface area (Å²) in [4.78, 5) is 18.6. The quantitative estimate of drug-likeness (QED) is 0.471. The highest BCUT2D eigenvalue weighted by atomic mass is 16.5. The van der Waals surface area contributed by atoms with E-state index in [0.29, 0.717) is 12.6 Å². The minimum atomic E-state index is -0.0700. The van der Waals surface area contributed by atoms with Crippen LogP contribution in [-0.2, 0) is 11.3 Å². The van der Waals surface area contributed by atoms with Crippen molar-refractivity contribution in [1.29, 1.82) is 0 Å². The summed E-state index contributed by atoms with van der Waals surface area (Å²) in [6.45, 7) is 6.44. The van der Waals surface area contributed by atoms with E-state index in [2.05, 4.69) is 43.9 Å². The maximum atomic E-state index is 13.2. The normalized spacial score (nSPS) is 20.0. The van der Waals surface area contributed by atoms with Crippen LogP contribution in [0.15, 0.2) is 29.1 Å². The van der Waals surface area contributed by atoms with Gasteiger partial charge < -0.3 is 14.5 Å². The third kappa shape index (κ3) is 5.32. The summed E-state index contributed by atoms with van der Waals surface area (Å²) in [5, 5.41) is 14.1. The number of ether oxygens (including phenoxy) is 2. The Morgan fingerprint density at radius 1 is 1.17 bits per heavy atom. The number of rotatable bonds is 9. The number of methoxy groups -OCH3 is 1. The maximum Gasteiger partial charge on any atom is 0.252 e. The van der Waals surface area contributed by atoms with Gasteiger partial charge in [-0.15, -0.1) is 5.10 Å². The van der Waals surface area contributed by atoms with Gasteiger partial charge in [0.15, 0.2) is 5.82 Å². The van der Waals surface area contributed by atoms with Gasteiger partial charge in [-0.3, -0.25) is 9.69 Å². The number of aromatic amines is 1. The lowest BCUT2D eigenvalue weighted by Crippen LogP contribution is -2.40. The number of benzene rings is 1. The molecule has 36 heavy (non-hydrogen) atoms. The van der Waals surface area contributed by atoms with Crippen molar-refractivity contribution in [3.05, 3.63) is 46.0 Å². The van der Waals surface area contributed by atoms with E-state index in [1.165, 1.54) is 19.3 Å². The van der Waals surface area contributed by atoms with Gasteiger partial charge in [0.1, 0.15) is 5.75 Å². The van der Waals surface area contributed by atoms with Crippen molar-refractivity contribution >= 4 is 10.9 Å². The first kappa shape index (κ1) is 24.9. The van der Waals surface area contributed by atoms with Gasteiger partial charge >= 0.3 is 0 Å². The van der Waals surface area contributed by atoms with Crippen LogP contribution in [0.1, 0.15) is 82.3 Å². The molecule has 2 unspecified atom stereocenters. The molecular weight excluding hydrogens is 456 g/mol. The fourth-order valence-electron chi connectivity index (χ4n) is 5.88. The Morgan fingerprint density at radius 2 is 2.00 bits per heavy atom. The third-order valence-electron chi connectivity index (χ3n) is 7.69. The Kier molecular flexibility index (Phi) is 7.67. The van der Waals surface area contributed by atoms with Crippen LogP contribution < -0.4 is 10.3 Å². The van der Waals surface area contributed by atoms with Crippen molar-refractivity contribution in [3.63, 3.8) is 0 Å². The molecule has 1 saturated carbocycles. The van der Waals surface area contributed by atoms with Crippen LogP contribution in [-0.4, -0.2) is 56.5 Å². The second-order valence-electron chi connectivity index (χ2n) is 10.6. The summed E-state index contributed by atoms with van der Waals surface area (Å²) < 4.78 is 13.5. The summed E-state index contributed by atoms with van der Waals surface area (Å²) in [5.41, 5.74) is 1.45. The van der Waals surface area contributed by atoms with Gasteiger partial charge in [0.05, 0.1) is 25.3 Å². The first-order valence-electron chi connectivity index (χ1n) is 13.4. The molecule has 2 aliphatic rings. The molecule has 0 bridgehead atoms. The SMILES string of the molecule is COc1ccc2[nH]c(=O)c(CN(CC3CCCO3)C(c3nnnn3C3CCCCC3)C(C)C)cc2c1. The molecule has 3 heterocycles. The van der Waals surface area contributed by atoms with E-state index in [0.717, 1.165) is 66.9 Å². The molecule has 1 aliphatic heterocycles. The molecule has 0 radical (unpaired) electrons. The standard InChI is InChI=1S/C27H38N6O3/c1-18(2)25(26-29-30-31-33(26)21-8-5-4-6-9-21)32(17-23-10-7-13-36-23)16-20-14-19-15-22(35-3)11-12-24(19)28-27(20)34/h11-12,14-15,18,21,23,25H,4-10,13,16-17H2,1-3H3,(H,28,34). The zero-order valence-electron chi connectivity index (χ0n) is 21.7. The first-order chi connectivity index (χ1) is 17.5. The number of hydrogen-bond donors (Lipinski definition) is 1. The lowest BCUT2D eigenvalue weighted by atomic mass is 9.94.